The molecule has 0 bridgehead atoms. The van der Waals surface area contributed by atoms with Crippen LogP contribution in [-0.4, -0.2) is 10.2 Å². The minimum atomic E-state index is 0.152. The number of hydrogen-bond acceptors (Lipinski definition) is 2. The summed E-state index contributed by atoms with van der Waals surface area (Å²) in [6, 6.07) is 4.85. The molecule has 0 spiro atoms. The molecule has 22 heavy (non-hydrogen) atoms. The highest BCUT2D eigenvalue weighted by molar-refractivity contribution is 5.36. The maximum Gasteiger partial charge on any atom is 0.119 e. The first-order valence-corrected chi connectivity index (χ1v) is 8.89. The minimum absolute atomic E-state index is 0.152. The summed E-state index contributed by atoms with van der Waals surface area (Å²) in [7, 11) is 0. The number of phenolic OH excluding ortho intramolecular Hbond substituents is 2. The molecule has 0 fully saturated rings. The second-order valence-electron chi connectivity index (χ2n) is 6.13. The van der Waals surface area contributed by atoms with Crippen LogP contribution in [0.1, 0.15) is 76.7 Å². The smallest absolute Gasteiger partial charge is 0.119 e. The lowest BCUT2D eigenvalue weighted by Gasteiger charge is -2.03. The number of benzene rings is 1. The van der Waals surface area contributed by atoms with Gasteiger partial charge in [0.05, 0.1) is 0 Å². The van der Waals surface area contributed by atoms with Crippen LogP contribution in [0.5, 0.6) is 11.5 Å². The zero-order valence-electron chi connectivity index (χ0n) is 14.1. The van der Waals surface area contributed by atoms with Crippen molar-refractivity contribution in [2.24, 2.45) is 0 Å². The van der Waals surface area contributed by atoms with Crippen molar-refractivity contribution in [3.63, 3.8) is 0 Å². The van der Waals surface area contributed by atoms with Crippen molar-refractivity contribution in [2.75, 3.05) is 0 Å². The van der Waals surface area contributed by atoms with Gasteiger partial charge in [-0.1, -0.05) is 51.2 Å². The van der Waals surface area contributed by atoms with Crippen molar-refractivity contribution in [1.29, 1.82) is 0 Å². The topological polar surface area (TPSA) is 40.5 Å². The number of allylic oxidation sites excluding steroid dienone is 2. The average molecular weight is 304 g/mol. The fourth-order valence-corrected chi connectivity index (χ4v) is 2.67. The minimum Gasteiger partial charge on any atom is -0.508 e. The van der Waals surface area contributed by atoms with Gasteiger partial charge in [-0.05, 0) is 56.2 Å². The van der Waals surface area contributed by atoms with E-state index < -0.39 is 0 Å². The van der Waals surface area contributed by atoms with Crippen molar-refractivity contribution >= 4 is 0 Å². The Balaban J connectivity index is 1.96. The molecule has 1 aromatic rings. The van der Waals surface area contributed by atoms with Crippen molar-refractivity contribution in [3.8, 4) is 11.5 Å². The van der Waals surface area contributed by atoms with Crippen molar-refractivity contribution < 1.29 is 10.2 Å². The Morgan fingerprint density at radius 3 is 1.86 bits per heavy atom. The second-order valence-corrected chi connectivity index (χ2v) is 6.13. The summed E-state index contributed by atoms with van der Waals surface area (Å²) in [5.41, 5.74) is 1.02. The molecule has 0 unspecified atom stereocenters. The van der Waals surface area contributed by atoms with Crippen LogP contribution >= 0.6 is 0 Å². The van der Waals surface area contributed by atoms with Gasteiger partial charge in [0.25, 0.3) is 0 Å². The summed E-state index contributed by atoms with van der Waals surface area (Å²) in [5.74, 6) is 0.304. The average Bonchev–Trinajstić information content (AvgIpc) is 2.47. The quantitative estimate of drug-likeness (QED) is 0.361. The molecule has 0 heterocycles. The van der Waals surface area contributed by atoms with Gasteiger partial charge in [0, 0.05) is 6.07 Å². The maximum absolute atomic E-state index is 9.42. The monoisotopic (exact) mass is 304 g/mol. The molecule has 2 nitrogen and oxygen atoms in total. The molecule has 2 N–H and O–H groups in total. The normalized spacial score (nSPS) is 11.3. The number of phenols is 2. The zero-order valence-corrected chi connectivity index (χ0v) is 14.1. The SMILES string of the molecule is CCCCCC/C=C\CCCCCCc1cc(O)cc(O)c1. The zero-order chi connectivity index (χ0) is 16.0. The Hall–Kier alpha value is -1.44. The third kappa shape index (κ3) is 9.49. The summed E-state index contributed by atoms with van der Waals surface area (Å²) in [5, 5.41) is 18.8. The molecule has 0 aliphatic rings. The molecule has 1 rings (SSSR count). The first kappa shape index (κ1) is 18.6. The van der Waals surface area contributed by atoms with E-state index in [9.17, 15) is 10.2 Å². The molecule has 1 aromatic carbocycles. The van der Waals surface area contributed by atoms with E-state index >= 15 is 0 Å². The van der Waals surface area contributed by atoms with Crippen LogP contribution in [0.3, 0.4) is 0 Å². The Morgan fingerprint density at radius 2 is 1.27 bits per heavy atom. The van der Waals surface area contributed by atoms with E-state index in [1.165, 1.54) is 63.9 Å². The fourth-order valence-electron chi connectivity index (χ4n) is 2.67. The molecular weight excluding hydrogens is 272 g/mol. The van der Waals surface area contributed by atoms with Gasteiger partial charge in [0.15, 0.2) is 0 Å². The Kier molecular flexibility index (Phi) is 10.3. The Labute approximate surface area is 135 Å². The van der Waals surface area contributed by atoms with E-state index in [0.717, 1.165) is 18.4 Å². The summed E-state index contributed by atoms with van der Waals surface area (Å²) in [4.78, 5) is 0. The third-order valence-electron chi connectivity index (χ3n) is 3.94. The van der Waals surface area contributed by atoms with Gasteiger partial charge in [0.2, 0.25) is 0 Å². The van der Waals surface area contributed by atoms with Gasteiger partial charge in [-0.25, -0.2) is 0 Å². The number of unbranched alkanes of at least 4 members (excludes halogenated alkanes) is 8. The molecule has 0 aromatic heterocycles. The van der Waals surface area contributed by atoms with Crippen LogP contribution in [-0.2, 0) is 6.42 Å². The van der Waals surface area contributed by atoms with E-state index in [1.54, 1.807) is 12.1 Å². The highest BCUT2D eigenvalue weighted by atomic mass is 16.3. The van der Waals surface area contributed by atoms with Gasteiger partial charge in [-0.2, -0.15) is 0 Å². The molecular formula is C20H32O2. The van der Waals surface area contributed by atoms with Crippen LogP contribution in [0.2, 0.25) is 0 Å². The lowest BCUT2D eigenvalue weighted by atomic mass is 10.0. The summed E-state index contributed by atoms with van der Waals surface area (Å²) in [6.07, 6.45) is 18.2. The van der Waals surface area contributed by atoms with Crippen LogP contribution in [0.25, 0.3) is 0 Å². The van der Waals surface area contributed by atoms with Crippen LogP contribution < -0.4 is 0 Å². The molecule has 0 radical (unpaired) electrons. The molecule has 0 amide bonds. The molecule has 0 saturated carbocycles. The van der Waals surface area contributed by atoms with Gasteiger partial charge in [-0.15, -0.1) is 0 Å². The second kappa shape index (κ2) is 12.1. The van der Waals surface area contributed by atoms with E-state index in [0.29, 0.717) is 0 Å². The molecule has 0 saturated heterocycles. The van der Waals surface area contributed by atoms with Gasteiger partial charge >= 0.3 is 0 Å². The molecule has 0 aliphatic carbocycles. The molecule has 2 heteroatoms. The standard InChI is InChI=1S/C20H32O2/c1-2-3-4-5-6-7-8-9-10-11-12-13-14-18-15-19(21)17-20(22)16-18/h7-8,15-17,21-22H,2-6,9-14H2,1H3/b8-7-. The van der Waals surface area contributed by atoms with E-state index in [4.69, 9.17) is 0 Å². The molecule has 0 atom stereocenters. The number of hydrogen-bond donors (Lipinski definition) is 2. The predicted octanol–water partition coefficient (Wildman–Crippen LogP) is 6.12. The molecule has 124 valence electrons. The third-order valence-corrected chi connectivity index (χ3v) is 3.94. The number of aromatic hydroxyl groups is 2. The maximum atomic E-state index is 9.42. The summed E-state index contributed by atoms with van der Waals surface area (Å²) in [6.45, 7) is 2.25. The van der Waals surface area contributed by atoms with E-state index in [-0.39, 0.29) is 11.5 Å². The van der Waals surface area contributed by atoms with Gasteiger partial charge in [-0.3, -0.25) is 0 Å². The lowest BCUT2D eigenvalue weighted by Crippen LogP contribution is -1.86. The largest absolute Gasteiger partial charge is 0.508 e. The van der Waals surface area contributed by atoms with Crippen LogP contribution in [0, 0.1) is 0 Å². The van der Waals surface area contributed by atoms with E-state index in [1.807, 2.05) is 0 Å². The van der Waals surface area contributed by atoms with Gasteiger partial charge < -0.3 is 10.2 Å². The fraction of sp³-hybridized carbons (Fsp3) is 0.600. The summed E-state index contributed by atoms with van der Waals surface area (Å²) >= 11 is 0. The van der Waals surface area contributed by atoms with Crippen molar-refractivity contribution in [2.45, 2.75) is 77.6 Å². The number of aryl methyl sites for hydroxylation is 1. The van der Waals surface area contributed by atoms with Crippen molar-refractivity contribution in [3.05, 3.63) is 35.9 Å². The Morgan fingerprint density at radius 1 is 0.727 bits per heavy atom. The Bertz CT molecular complexity index is 403. The first-order chi connectivity index (χ1) is 10.7. The predicted molar refractivity (Wildman–Crippen MR) is 94.5 cm³/mol. The van der Waals surface area contributed by atoms with Crippen molar-refractivity contribution in [1.82, 2.24) is 0 Å². The first-order valence-electron chi connectivity index (χ1n) is 8.89. The van der Waals surface area contributed by atoms with Crippen LogP contribution in [0.4, 0.5) is 0 Å². The lowest BCUT2D eigenvalue weighted by molar-refractivity contribution is 0.449. The highest BCUT2D eigenvalue weighted by Crippen LogP contribution is 2.21. The summed E-state index contributed by atoms with van der Waals surface area (Å²) < 4.78 is 0. The van der Waals surface area contributed by atoms with E-state index in [2.05, 4.69) is 19.1 Å². The van der Waals surface area contributed by atoms with Gasteiger partial charge in [0.1, 0.15) is 11.5 Å². The highest BCUT2D eigenvalue weighted by Gasteiger charge is 1.99. The van der Waals surface area contributed by atoms with Crippen LogP contribution in [0.15, 0.2) is 30.4 Å². The number of rotatable bonds is 12. The molecule has 0 aliphatic heterocycles.